The van der Waals surface area contributed by atoms with E-state index in [9.17, 15) is 8.42 Å². The van der Waals surface area contributed by atoms with Crippen LogP contribution in [0.2, 0.25) is 5.09 Å². The zero-order valence-electron chi connectivity index (χ0n) is 8.16. The molecule has 0 saturated carbocycles. The number of unbranched alkanes of at least 4 members (excludes halogenated alkanes) is 1. The zero-order valence-corrected chi connectivity index (χ0v) is 8.98. The van der Waals surface area contributed by atoms with Crippen molar-refractivity contribution in [3.63, 3.8) is 0 Å². The molecular formula is C6H15LiO4S. The van der Waals surface area contributed by atoms with Gasteiger partial charge in [0.15, 0.2) is 0 Å². The van der Waals surface area contributed by atoms with Gasteiger partial charge in [-0.2, -0.15) is 8.42 Å². The molecule has 0 radical (unpaired) electrons. The predicted molar refractivity (Wildman–Crippen MR) is 48.4 cm³/mol. The molecule has 0 aliphatic rings. The number of hydrogen-bond donors (Lipinski definition) is 0. The van der Waals surface area contributed by atoms with Crippen molar-refractivity contribution in [1.82, 2.24) is 0 Å². The third-order valence-corrected chi connectivity index (χ3v) is 1.93. The monoisotopic (exact) mass is 190 g/mol. The first-order chi connectivity index (χ1) is 5.54. The van der Waals surface area contributed by atoms with E-state index in [1.54, 1.807) is 0 Å². The molecule has 0 atom stereocenters. The van der Waals surface area contributed by atoms with Crippen LogP contribution in [0.3, 0.4) is 0 Å². The fourth-order valence-electron chi connectivity index (χ4n) is 0.422. The van der Waals surface area contributed by atoms with Crippen LogP contribution in [-0.2, 0) is 18.8 Å². The first-order valence-corrected chi connectivity index (χ1v) is 5.23. The summed E-state index contributed by atoms with van der Waals surface area (Å²) in [5.41, 5.74) is 0. The molecule has 4 nitrogen and oxygen atoms in total. The molecule has 0 aromatic rings. The quantitative estimate of drug-likeness (QED) is 0.618. The van der Waals surface area contributed by atoms with Gasteiger partial charge < -0.3 is 0 Å². The summed E-state index contributed by atoms with van der Waals surface area (Å²) in [7, 11) is -1.60. The van der Waals surface area contributed by atoms with Crippen LogP contribution in [0.4, 0.5) is 0 Å². The molecule has 70 valence electrons. The van der Waals surface area contributed by atoms with Crippen molar-refractivity contribution in [2.45, 2.75) is 24.9 Å². The molecule has 0 unspecified atom stereocenters. The Morgan fingerprint density at radius 3 is 1.67 bits per heavy atom. The summed E-state index contributed by atoms with van der Waals surface area (Å²) in [4.78, 5) is 0. The van der Waals surface area contributed by atoms with E-state index in [1.165, 1.54) is 17.9 Å². The minimum atomic E-state index is -3.66. The van der Waals surface area contributed by atoms with E-state index >= 15 is 0 Å². The molecule has 0 aliphatic carbocycles. The average molecular weight is 190 g/mol. The molecule has 0 rings (SSSR count). The minimum absolute atomic E-state index is 1.03. The molecule has 0 saturated heterocycles. The van der Waals surface area contributed by atoms with E-state index in [1.807, 2.05) is 0 Å². The normalized spacial score (nSPS) is 10.4. The first kappa shape index (κ1) is 15.0. The second-order valence-electron chi connectivity index (χ2n) is 2.10. The van der Waals surface area contributed by atoms with Crippen LogP contribution in [0.25, 0.3) is 0 Å². The topological polar surface area (TPSA) is 52.6 Å². The molecule has 0 aromatic carbocycles. The summed E-state index contributed by atoms with van der Waals surface area (Å²) in [5.74, 6) is 0. The molecule has 6 heteroatoms. The van der Waals surface area contributed by atoms with Crippen LogP contribution < -0.4 is 0 Å². The Labute approximate surface area is 84.2 Å². The van der Waals surface area contributed by atoms with Gasteiger partial charge in [-0.1, -0.05) is 0 Å². The van der Waals surface area contributed by atoms with Crippen LogP contribution in [0.1, 0.15) is 19.8 Å². The molecule has 0 N–H and O–H groups in total. The van der Waals surface area contributed by atoms with Crippen molar-refractivity contribution < 1.29 is 16.8 Å². The Bertz CT molecular complexity index is 154. The maximum atomic E-state index is 9.92. The van der Waals surface area contributed by atoms with E-state index in [2.05, 4.69) is 33.0 Å². The average Bonchev–Trinajstić information content (AvgIpc) is 2.07. The van der Waals surface area contributed by atoms with Gasteiger partial charge in [0.05, 0.1) is 14.2 Å². The van der Waals surface area contributed by atoms with E-state index in [0.717, 1.165) is 14.2 Å². The summed E-state index contributed by atoms with van der Waals surface area (Å²) in [5, 5.41) is 1.34. The van der Waals surface area contributed by atoms with Crippen LogP contribution in [0, 0.1) is 0 Å². The Kier molecular flexibility index (Phi) is 11.9. The summed E-state index contributed by atoms with van der Waals surface area (Å²) in [6, 6.07) is 0. The second kappa shape index (κ2) is 9.55. The molecule has 12 heavy (non-hydrogen) atoms. The molecule has 0 heterocycles. The van der Waals surface area contributed by atoms with Gasteiger partial charge in [0.25, 0.3) is 0 Å². The predicted octanol–water partition coefficient (Wildman–Crippen LogP) is 0.897. The van der Waals surface area contributed by atoms with Crippen LogP contribution in [-0.4, -0.2) is 40.4 Å². The summed E-state index contributed by atoms with van der Waals surface area (Å²) >= 11 is 2.21. The third-order valence-electron chi connectivity index (χ3n) is 1.12. The van der Waals surface area contributed by atoms with Gasteiger partial charge in [-0.25, -0.2) is 0 Å². The van der Waals surface area contributed by atoms with Crippen LogP contribution in [0.5, 0.6) is 0 Å². The van der Waals surface area contributed by atoms with E-state index < -0.39 is 10.4 Å². The zero-order chi connectivity index (χ0) is 10.0. The fraction of sp³-hybridized carbons (Fsp3) is 1.00. The third kappa shape index (κ3) is 13.1. The van der Waals surface area contributed by atoms with Crippen molar-refractivity contribution in [3.8, 4) is 0 Å². The Balaban J connectivity index is 0. The van der Waals surface area contributed by atoms with Gasteiger partial charge >= 0.3 is 53.0 Å². The SMILES string of the molecule is COS(=O)(=O)OC.[Li][CH2]CCC. The van der Waals surface area contributed by atoms with Crippen LogP contribution >= 0.6 is 0 Å². The number of rotatable bonds is 4. The molecule has 0 spiro atoms. The molecule has 0 fully saturated rings. The molecule has 0 bridgehead atoms. The maximum absolute atomic E-state index is 9.92. The molecule has 0 aliphatic heterocycles. The van der Waals surface area contributed by atoms with Gasteiger partial charge in [0, 0.05) is 0 Å². The Morgan fingerprint density at radius 1 is 1.25 bits per heavy atom. The fourth-order valence-corrected chi connectivity index (χ4v) is 0.558. The molecular weight excluding hydrogens is 175 g/mol. The van der Waals surface area contributed by atoms with E-state index in [0.29, 0.717) is 0 Å². The van der Waals surface area contributed by atoms with Crippen LogP contribution in [0.15, 0.2) is 0 Å². The standard InChI is InChI=1S/C4H9.C2H6O4S.Li/c1-3-4-2;1-5-7(3,4)6-2;/h1,3-4H2,2H3;1-2H3;. The summed E-state index contributed by atoms with van der Waals surface area (Å²) in [6.45, 7) is 2.21. The summed E-state index contributed by atoms with van der Waals surface area (Å²) < 4.78 is 27.5. The first-order valence-electron chi connectivity index (χ1n) is 3.90. The van der Waals surface area contributed by atoms with Crippen molar-refractivity contribution in [3.05, 3.63) is 0 Å². The second-order valence-corrected chi connectivity index (χ2v) is 3.58. The van der Waals surface area contributed by atoms with Gasteiger partial charge in [-0.15, -0.1) is 0 Å². The Morgan fingerprint density at radius 2 is 1.67 bits per heavy atom. The van der Waals surface area contributed by atoms with Gasteiger partial charge in [-0.05, 0) is 0 Å². The Hall–Kier alpha value is 0.467. The molecule has 0 aromatic heterocycles. The number of hydrogen-bond acceptors (Lipinski definition) is 4. The van der Waals surface area contributed by atoms with E-state index in [-0.39, 0.29) is 0 Å². The van der Waals surface area contributed by atoms with Gasteiger partial charge in [0.1, 0.15) is 0 Å². The molecule has 0 amide bonds. The van der Waals surface area contributed by atoms with Crippen molar-refractivity contribution in [1.29, 1.82) is 0 Å². The van der Waals surface area contributed by atoms with E-state index in [4.69, 9.17) is 0 Å². The summed E-state index contributed by atoms with van der Waals surface area (Å²) in [6.07, 6.45) is 2.73. The van der Waals surface area contributed by atoms with Gasteiger partial charge in [-0.3, -0.25) is 8.37 Å². The van der Waals surface area contributed by atoms with Crippen molar-refractivity contribution in [2.24, 2.45) is 0 Å². The van der Waals surface area contributed by atoms with Gasteiger partial charge in [0.2, 0.25) is 0 Å². The van der Waals surface area contributed by atoms with Crippen molar-refractivity contribution in [2.75, 3.05) is 14.2 Å². The van der Waals surface area contributed by atoms with Crippen molar-refractivity contribution >= 4 is 28.1 Å².